The number of hydrogen-bond donors (Lipinski definition) is 1. The lowest BCUT2D eigenvalue weighted by Crippen LogP contribution is -2.49. The van der Waals surface area contributed by atoms with Crippen LogP contribution < -0.4 is 9.67 Å². The molecule has 1 spiro atoms. The lowest BCUT2D eigenvalue weighted by atomic mass is 9.87. The van der Waals surface area contributed by atoms with E-state index in [2.05, 4.69) is 24.5 Å². The molecule has 6 heteroatoms. The minimum absolute atomic E-state index is 0.282. The molecule has 2 saturated heterocycles. The molecule has 1 aromatic heterocycles. The van der Waals surface area contributed by atoms with Crippen molar-refractivity contribution in [3.63, 3.8) is 0 Å². The van der Waals surface area contributed by atoms with Gasteiger partial charge in [-0.3, -0.25) is 0 Å². The number of aromatic nitrogens is 1. The molecule has 0 amide bonds. The third kappa shape index (κ3) is 3.04. The van der Waals surface area contributed by atoms with Crippen LogP contribution in [0.3, 0.4) is 0 Å². The van der Waals surface area contributed by atoms with Gasteiger partial charge < -0.3 is 24.5 Å². The van der Waals surface area contributed by atoms with Crippen molar-refractivity contribution in [1.82, 2.24) is 0 Å². The first kappa shape index (κ1) is 17.9. The largest absolute Gasteiger partial charge is 0.547 e. The Kier molecular flexibility index (Phi) is 4.53. The van der Waals surface area contributed by atoms with Gasteiger partial charge in [0.05, 0.1) is 12.1 Å². The zero-order valence-electron chi connectivity index (χ0n) is 15.4. The maximum absolute atomic E-state index is 11.2. The van der Waals surface area contributed by atoms with Crippen molar-refractivity contribution < 1.29 is 29.0 Å². The third-order valence-corrected chi connectivity index (χ3v) is 6.17. The molecule has 142 valence electrons. The number of rotatable bonds is 3. The Hall–Kier alpha value is -1.50. The Labute approximate surface area is 153 Å². The van der Waals surface area contributed by atoms with Crippen LogP contribution in [0.2, 0.25) is 0 Å². The predicted molar refractivity (Wildman–Crippen MR) is 89.7 cm³/mol. The number of ether oxygens (including phenoxy) is 2. The summed E-state index contributed by atoms with van der Waals surface area (Å²) in [5.74, 6) is -1.33. The van der Waals surface area contributed by atoms with Gasteiger partial charge in [-0.2, -0.15) is 4.57 Å². The second kappa shape index (κ2) is 6.59. The van der Waals surface area contributed by atoms with Crippen LogP contribution in [0, 0.1) is 5.92 Å². The highest BCUT2D eigenvalue weighted by Gasteiger charge is 2.50. The molecule has 3 aliphatic rings. The minimum Gasteiger partial charge on any atom is -0.547 e. The highest BCUT2D eigenvalue weighted by molar-refractivity contribution is 5.70. The van der Waals surface area contributed by atoms with E-state index in [1.54, 1.807) is 0 Å². The Balaban J connectivity index is 1.57. The van der Waals surface area contributed by atoms with Gasteiger partial charge in [0.15, 0.2) is 17.6 Å². The summed E-state index contributed by atoms with van der Waals surface area (Å²) in [7, 11) is 0. The highest BCUT2D eigenvalue weighted by atomic mass is 16.7. The molecule has 3 aliphatic heterocycles. The molecule has 2 fully saturated rings. The SMILES string of the molecule is C[C@@H]1C[C@H]([C@@H](O)c2cccc3[n+]2CC[C@@H]3C)O[C@@]2(CC[C@H](C(=O)[O-])O2)C1. The summed E-state index contributed by atoms with van der Waals surface area (Å²) in [6.07, 6.45) is 1.28. The summed E-state index contributed by atoms with van der Waals surface area (Å²) in [6, 6.07) is 6.07. The molecule has 1 N–H and O–H groups in total. The Morgan fingerprint density at radius 3 is 2.88 bits per heavy atom. The number of fused-ring (bicyclic) bond motifs is 1. The maximum atomic E-state index is 11.2. The molecule has 0 saturated carbocycles. The minimum atomic E-state index is -1.19. The lowest BCUT2D eigenvalue weighted by molar-refractivity contribution is -0.702. The van der Waals surface area contributed by atoms with Gasteiger partial charge in [-0.25, -0.2) is 0 Å². The van der Waals surface area contributed by atoms with Crippen molar-refractivity contribution in [2.24, 2.45) is 5.92 Å². The van der Waals surface area contributed by atoms with Gasteiger partial charge in [0.2, 0.25) is 5.69 Å². The summed E-state index contributed by atoms with van der Waals surface area (Å²) < 4.78 is 14.2. The number of aliphatic carboxylic acids is 1. The number of carboxylic acids is 1. The molecule has 0 radical (unpaired) electrons. The van der Waals surface area contributed by atoms with Crippen molar-refractivity contribution in [2.45, 2.75) is 82.5 Å². The monoisotopic (exact) mass is 361 g/mol. The first-order chi connectivity index (χ1) is 12.4. The first-order valence-corrected chi connectivity index (χ1v) is 9.66. The van der Waals surface area contributed by atoms with Gasteiger partial charge in [0.25, 0.3) is 0 Å². The quantitative estimate of drug-likeness (QED) is 0.811. The number of pyridine rings is 1. The van der Waals surface area contributed by atoms with Crippen molar-refractivity contribution in [1.29, 1.82) is 0 Å². The molecule has 0 bridgehead atoms. The van der Waals surface area contributed by atoms with E-state index < -0.39 is 30.1 Å². The standard InChI is InChI=1S/C20H27NO5/c1-12-10-17(26-20(11-12)8-6-16(25-20)19(23)24)18(22)15-5-3-4-14-13(2)7-9-21(14)15/h3-5,12-13,16-18,22H,6-11H2,1-2H3/t12-,13+,16-,17-,18+,20+/m1/s1. The fourth-order valence-electron chi connectivity index (χ4n) is 4.89. The molecule has 6 nitrogen and oxygen atoms in total. The zero-order chi connectivity index (χ0) is 18.5. The van der Waals surface area contributed by atoms with E-state index in [0.29, 0.717) is 25.2 Å². The molecule has 26 heavy (non-hydrogen) atoms. The average Bonchev–Trinajstić information content (AvgIpc) is 3.18. The number of aliphatic hydroxyl groups excluding tert-OH is 1. The van der Waals surface area contributed by atoms with Crippen molar-refractivity contribution in [3.05, 3.63) is 29.6 Å². The molecule has 1 aromatic rings. The van der Waals surface area contributed by atoms with Gasteiger partial charge in [-0.05, 0) is 24.8 Å². The van der Waals surface area contributed by atoms with Crippen LogP contribution >= 0.6 is 0 Å². The smallest absolute Gasteiger partial charge is 0.213 e. The number of hydrogen-bond acceptors (Lipinski definition) is 5. The topological polar surface area (TPSA) is 82.7 Å². The number of aliphatic hydroxyl groups is 1. The Bertz CT molecular complexity index is 707. The molecule has 0 aliphatic carbocycles. The summed E-state index contributed by atoms with van der Waals surface area (Å²) in [4.78, 5) is 11.2. The van der Waals surface area contributed by atoms with E-state index in [1.165, 1.54) is 5.69 Å². The van der Waals surface area contributed by atoms with Gasteiger partial charge in [0.1, 0.15) is 12.6 Å². The predicted octanol–water partition coefficient (Wildman–Crippen LogP) is 0.955. The van der Waals surface area contributed by atoms with E-state index in [4.69, 9.17) is 9.47 Å². The summed E-state index contributed by atoms with van der Waals surface area (Å²) in [6.45, 7) is 5.21. The lowest BCUT2D eigenvalue weighted by Gasteiger charge is -2.42. The van der Waals surface area contributed by atoms with E-state index in [1.807, 2.05) is 12.1 Å². The van der Waals surface area contributed by atoms with E-state index in [0.717, 1.165) is 25.1 Å². The van der Waals surface area contributed by atoms with Crippen LogP contribution in [-0.2, 0) is 20.8 Å². The van der Waals surface area contributed by atoms with E-state index in [9.17, 15) is 15.0 Å². The molecule has 4 heterocycles. The highest BCUT2D eigenvalue weighted by Crippen LogP contribution is 2.45. The van der Waals surface area contributed by atoms with Crippen molar-refractivity contribution in [2.75, 3.05) is 0 Å². The van der Waals surface area contributed by atoms with E-state index >= 15 is 0 Å². The zero-order valence-corrected chi connectivity index (χ0v) is 15.4. The van der Waals surface area contributed by atoms with Crippen LogP contribution in [-0.4, -0.2) is 29.1 Å². The van der Waals surface area contributed by atoms with Crippen molar-refractivity contribution in [3.8, 4) is 0 Å². The summed E-state index contributed by atoms with van der Waals surface area (Å²) in [5, 5.41) is 22.3. The summed E-state index contributed by atoms with van der Waals surface area (Å²) in [5.41, 5.74) is 2.12. The Morgan fingerprint density at radius 1 is 1.35 bits per heavy atom. The normalized spacial score (nSPS) is 37.7. The van der Waals surface area contributed by atoms with Crippen molar-refractivity contribution >= 4 is 5.97 Å². The van der Waals surface area contributed by atoms with Gasteiger partial charge in [-0.15, -0.1) is 0 Å². The molecule has 0 aromatic carbocycles. The fourth-order valence-corrected chi connectivity index (χ4v) is 4.89. The molecule has 6 atom stereocenters. The number of carbonyl (C=O) groups is 1. The number of carboxylic acid groups (broad SMARTS) is 1. The van der Waals surface area contributed by atoms with Crippen LogP contribution in [0.25, 0.3) is 0 Å². The molecule has 0 unspecified atom stereocenters. The molecule has 4 rings (SSSR count). The van der Waals surface area contributed by atoms with Crippen LogP contribution in [0.1, 0.15) is 69.4 Å². The summed E-state index contributed by atoms with van der Waals surface area (Å²) >= 11 is 0. The second-order valence-electron chi connectivity index (χ2n) is 8.24. The molecular formula is C20H27NO5. The maximum Gasteiger partial charge on any atom is 0.213 e. The van der Waals surface area contributed by atoms with Crippen LogP contribution in [0.15, 0.2) is 18.2 Å². The average molecular weight is 361 g/mol. The molecular weight excluding hydrogens is 334 g/mol. The van der Waals surface area contributed by atoms with Crippen LogP contribution in [0.4, 0.5) is 0 Å². The fraction of sp³-hybridized carbons (Fsp3) is 0.700. The Morgan fingerprint density at radius 2 is 2.15 bits per heavy atom. The second-order valence-corrected chi connectivity index (χ2v) is 8.24. The van der Waals surface area contributed by atoms with E-state index in [-0.39, 0.29) is 5.92 Å². The van der Waals surface area contributed by atoms with Gasteiger partial charge in [-0.1, -0.05) is 13.8 Å². The first-order valence-electron chi connectivity index (χ1n) is 9.66. The number of nitrogens with zero attached hydrogens (tertiary/aromatic N) is 1. The van der Waals surface area contributed by atoms with Gasteiger partial charge in [0, 0.05) is 37.3 Å². The van der Waals surface area contributed by atoms with Crippen LogP contribution in [0.5, 0.6) is 0 Å². The number of carbonyl (C=O) groups excluding carboxylic acids is 1. The van der Waals surface area contributed by atoms with Gasteiger partial charge >= 0.3 is 0 Å². The third-order valence-electron chi connectivity index (χ3n) is 6.17.